The number of carbonyl (C=O) groups is 1. The van der Waals surface area contributed by atoms with Crippen molar-refractivity contribution in [2.75, 3.05) is 12.3 Å². The van der Waals surface area contributed by atoms with Crippen LogP contribution in [0.25, 0.3) is 0 Å². The SMILES string of the molecule is CCC1CCCCN1C(=O)CCc1ccccc1N.Cl. The van der Waals surface area contributed by atoms with Gasteiger partial charge in [-0.25, -0.2) is 0 Å². The van der Waals surface area contributed by atoms with Crippen molar-refractivity contribution < 1.29 is 4.79 Å². The lowest BCUT2D eigenvalue weighted by Crippen LogP contribution is -2.43. The maximum absolute atomic E-state index is 12.3. The molecule has 20 heavy (non-hydrogen) atoms. The van der Waals surface area contributed by atoms with Crippen LogP contribution in [-0.4, -0.2) is 23.4 Å². The average molecular weight is 297 g/mol. The third kappa shape index (κ3) is 4.14. The van der Waals surface area contributed by atoms with Gasteiger partial charge in [-0.3, -0.25) is 4.79 Å². The lowest BCUT2D eigenvalue weighted by atomic mass is 9.99. The van der Waals surface area contributed by atoms with Gasteiger partial charge in [-0.2, -0.15) is 0 Å². The highest BCUT2D eigenvalue weighted by molar-refractivity contribution is 5.85. The number of nitrogens with zero attached hydrogens (tertiary/aromatic N) is 1. The zero-order valence-electron chi connectivity index (χ0n) is 12.2. The van der Waals surface area contributed by atoms with E-state index in [9.17, 15) is 4.79 Å². The monoisotopic (exact) mass is 296 g/mol. The molecule has 112 valence electrons. The molecule has 1 aromatic carbocycles. The Balaban J connectivity index is 0.00000200. The van der Waals surface area contributed by atoms with Crippen molar-refractivity contribution in [3.05, 3.63) is 29.8 Å². The predicted octanol–water partition coefficient (Wildman–Crippen LogP) is 3.41. The molecule has 0 saturated carbocycles. The Hall–Kier alpha value is -1.22. The number of nitrogen functional groups attached to an aromatic ring is 1. The molecule has 1 aromatic rings. The highest BCUT2D eigenvalue weighted by Crippen LogP contribution is 2.21. The van der Waals surface area contributed by atoms with E-state index in [1.165, 1.54) is 6.42 Å². The molecule has 1 aliphatic heterocycles. The summed E-state index contributed by atoms with van der Waals surface area (Å²) in [5.41, 5.74) is 7.79. The van der Waals surface area contributed by atoms with E-state index in [1.807, 2.05) is 24.3 Å². The van der Waals surface area contributed by atoms with Crippen LogP contribution in [0.2, 0.25) is 0 Å². The van der Waals surface area contributed by atoms with E-state index in [1.54, 1.807) is 0 Å². The molecular formula is C16H25ClN2O. The average Bonchev–Trinajstić information content (AvgIpc) is 2.46. The van der Waals surface area contributed by atoms with Gasteiger partial charge in [-0.05, 0) is 43.7 Å². The van der Waals surface area contributed by atoms with E-state index < -0.39 is 0 Å². The third-order valence-corrected chi connectivity index (χ3v) is 4.08. The van der Waals surface area contributed by atoms with E-state index >= 15 is 0 Å². The molecular weight excluding hydrogens is 272 g/mol. The lowest BCUT2D eigenvalue weighted by molar-refractivity contribution is -0.134. The first-order valence-corrected chi connectivity index (χ1v) is 7.35. The lowest BCUT2D eigenvalue weighted by Gasteiger charge is -2.35. The number of likely N-dealkylation sites (tertiary alicyclic amines) is 1. The summed E-state index contributed by atoms with van der Waals surface area (Å²) in [5, 5.41) is 0. The van der Waals surface area contributed by atoms with Crippen molar-refractivity contribution in [1.29, 1.82) is 0 Å². The summed E-state index contributed by atoms with van der Waals surface area (Å²) in [7, 11) is 0. The molecule has 1 fully saturated rings. The number of benzene rings is 1. The van der Waals surface area contributed by atoms with Gasteiger partial charge in [0.15, 0.2) is 0 Å². The number of rotatable bonds is 4. The van der Waals surface area contributed by atoms with Gasteiger partial charge in [0.05, 0.1) is 0 Å². The molecule has 2 N–H and O–H groups in total. The molecule has 1 saturated heterocycles. The molecule has 1 heterocycles. The van der Waals surface area contributed by atoms with Gasteiger partial charge < -0.3 is 10.6 Å². The number of para-hydroxylation sites is 1. The van der Waals surface area contributed by atoms with E-state index in [4.69, 9.17) is 5.73 Å². The highest BCUT2D eigenvalue weighted by atomic mass is 35.5. The topological polar surface area (TPSA) is 46.3 Å². The van der Waals surface area contributed by atoms with Crippen LogP contribution < -0.4 is 5.73 Å². The molecule has 1 unspecified atom stereocenters. The summed E-state index contributed by atoms with van der Waals surface area (Å²) in [5.74, 6) is 0.287. The second-order valence-corrected chi connectivity index (χ2v) is 5.34. The zero-order chi connectivity index (χ0) is 13.7. The number of carbonyl (C=O) groups excluding carboxylic acids is 1. The van der Waals surface area contributed by atoms with Gasteiger partial charge in [-0.1, -0.05) is 25.1 Å². The number of aryl methyl sites for hydroxylation is 1. The van der Waals surface area contributed by atoms with Crippen LogP contribution in [0.1, 0.15) is 44.6 Å². The van der Waals surface area contributed by atoms with Crippen LogP contribution in [0.15, 0.2) is 24.3 Å². The molecule has 0 spiro atoms. The van der Waals surface area contributed by atoms with Crippen molar-refractivity contribution in [1.82, 2.24) is 4.90 Å². The van der Waals surface area contributed by atoms with Gasteiger partial charge >= 0.3 is 0 Å². The normalized spacial score (nSPS) is 18.4. The Labute approximate surface area is 127 Å². The third-order valence-electron chi connectivity index (χ3n) is 4.08. The Kier molecular flexibility index (Phi) is 6.86. The maximum atomic E-state index is 12.3. The molecule has 1 amide bonds. The van der Waals surface area contributed by atoms with Crippen molar-refractivity contribution in [3.63, 3.8) is 0 Å². The summed E-state index contributed by atoms with van der Waals surface area (Å²) in [4.78, 5) is 14.4. The minimum Gasteiger partial charge on any atom is -0.399 e. The van der Waals surface area contributed by atoms with Crippen molar-refractivity contribution in [3.8, 4) is 0 Å². The molecule has 2 rings (SSSR count). The second kappa shape index (κ2) is 8.15. The first kappa shape index (κ1) is 16.8. The summed E-state index contributed by atoms with van der Waals surface area (Å²) in [6.07, 6.45) is 5.96. The van der Waals surface area contributed by atoms with E-state index in [0.717, 1.165) is 43.5 Å². The van der Waals surface area contributed by atoms with Gasteiger partial charge in [0, 0.05) is 24.7 Å². The fourth-order valence-electron chi connectivity index (χ4n) is 2.90. The first-order valence-electron chi connectivity index (χ1n) is 7.35. The van der Waals surface area contributed by atoms with Crippen LogP contribution in [0, 0.1) is 0 Å². The van der Waals surface area contributed by atoms with Crippen molar-refractivity contribution in [2.24, 2.45) is 0 Å². The summed E-state index contributed by atoms with van der Waals surface area (Å²) in [6, 6.07) is 8.27. The van der Waals surface area contributed by atoms with Crippen LogP contribution in [0.4, 0.5) is 5.69 Å². The standard InChI is InChI=1S/C16H24N2O.ClH/c1-2-14-8-5-6-12-18(14)16(19)11-10-13-7-3-4-9-15(13)17;/h3-4,7,9,14H,2,5-6,8,10-12,17H2,1H3;1H. The largest absolute Gasteiger partial charge is 0.399 e. The van der Waals surface area contributed by atoms with Gasteiger partial charge in [0.1, 0.15) is 0 Å². The molecule has 1 aliphatic rings. The molecule has 0 bridgehead atoms. The molecule has 3 nitrogen and oxygen atoms in total. The summed E-state index contributed by atoms with van der Waals surface area (Å²) in [6.45, 7) is 3.10. The molecule has 0 radical (unpaired) electrons. The Morgan fingerprint density at radius 3 is 2.80 bits per heavy atom. The van der Waals surface area contributed by atoms with Crippen LogP contribution in [0.3, 0.4) is 0 Å². The Morgan fingerprint density at radius 1 is 1.35 bits per heavy atom. The highest BCUT2D eigenvalue weighted by Gasteiger charge is 2.24. The molecule has 1 atom stereocenters. The smallest absolute Gasteiger partial charge is 0.223 e. The number of hydrogen-bond donors (Lipinski definition) is 1. The number of hydrogen-bond acceptors (Lipinski definition) is 2. The van der Waals surface area contributed by atoms with Gasteiger partial charge in [0.25, 0.3) is 0 Å². The number of nitrogens with two attached hydrogens (primary N) is 1. The van der Waals surface area contributed by atoms with E-state index in [0.29, 0.717) is 12.5 Å². The van der Waals surface area contributed by atoms with E-state index in [2.05, 4.69) is 11.8 Å². The quantitative estimate of drug-likeness (QED) is 0.866. The van der Waals surface area contributed by atoms with Crippen molar-refractivity contribution >= 4 is 24.0 Å². The summed E-state index contributed by atoms with van der Waals surface area (Å²) < 4.78 is 0. The minimum absolute atomic E-state index is 0. The number of anilines is 1. The molecule has 0 aromatic heterocycles. The Morgan fingerprint density at radius 2 is 2.10 bits per heavy atom. The second-order valence-electron chi connectivity index (χ2n) is 5.34. The molecule has 0 aliphatic carbocycles. The van der Waals surface area contributed by atoms with Crippen LogP contribution >= 0.6 is 12.4 Å². The fourth-order valence-corrected chi connectivity index (χ4v) is 2.90. The zero-order valence-corrected chi connectivity index (χ0v) is 13.0. The van der Waals surface area contributed by atoms with Crippen LogP contribution in [-0.2, 0) is 11.2 Å². The van der Waals surface area contributed by atoms with E-state index in [-0.39, 0.29) is 18.3 Å². The summed E-state index contributed by atoms with van der Waals surface area (Å²) >= 11 is 0. The Bertz CT molecular complexity index is 436. The van der Waals surface area contributed by atoms with Crippen LogP contribution in [0.5, 0.6) is 0 Å². The first-order chi connectivity index (χ1) is 9.22. The number of piperidine rings is 1. The van der Waals surface area contributed by atoms with Gasteiger partial charge in [0.2, 0.25) is 5.91 Å². The number of amides is 1. The number of halogens is 1. The molecule has 4 heteroatoms. The fraction of sp³-hybridized carbons (Fsp3) is 0.562. The minimum atomic E-state index is 0. The maximum Gasteiger partial charge on any atom is 0.223 e. The predicted molar refractivity (Wildman–Crippen MR) is 86.1 cm³/mol. The van der Waals surface area contributed by atoms with Crippen molar-refractivity contribution in [2.45, 2.75) is 51.5 Å². The van der Waals surface area contributed by atoms with Gasteiger partial charge in [-0.15, -0.1) is 12.4 Å².